The fourth-order valence-corrected chi connectivity index (χ4v) is 3.66. The minimum atomic E-state index is -3.84. The first kappa shape index (κ1) is 16.4. The molecule has 1 amide bonds. The van der Waals surface area contributed by atoms with Gasteiger partial charge < -0.3 is 9.47 Å². The highest BCUT2D eigenvalue weighted by atomic mass is 35.7. The maximum Gasteiger partial charge on any atom is 0.270 e. The number of aromatic nitrogens is 1. The number of hydrogen-bond acceptors (Lipinski definition) is 3. The Bertz CT molecular complexity index is 651. The SMILES string of the molecule is CC1CC(C)N(C(=O)c2cc(S(=O)(=O)Cl)cn2C(C)C)C1. The van der Waals surface area contributed by atoms with Gasteiger partial charge in [0, 0.05) is 35.5 Å². The van der Waals surface area contributed by atoms with E-state index in [1.165, 1.54) is 12.3 Å². The molecule has 0 bridgehead atoms. The third-order valence-corrected chi connectivity index (χ3v) is 5.25. The third kappa shape index (κ3) is 3.26. The van der Waals surface area contributed by atoms with Gasteiger partial charge in [-0.05, 0) is 39.2 Å². The molecule has 7 heteroatoms. The number of rotatable bonds is 3. The van der Waals surface area contributed by atoms with E-state index in [1.807, 2.05) is 25.7 Å². The van der Waals surface area contributed by atoms with Gasteiger partial charge >= 0.3 is 0 Å². The summed E-state index contributed by atoms with van der Waals surface area (Å²) in [6.45, 7) is 8.63. The first-order chi connectivity index (χ1) is 9.61. The van der Waals surface area contributed by atoms with Crippen molar-refractivity contribution >= 4 is 25.6 Å². The van der Waals surface area contributed by atoms with E-state index in [9.17, 15) is 13.2 Å². The van der Waals surface area contributed by atoms with Crippen molar-refractivity contribution in [3.05, 3.63) is 18.0 Å². The largest absolute Gasteiger partial charge is 0.340 e. The Balaban J connectivity index is 2.43. The zero-order valence-corrected chi connectivity index (χ0v) is 14.3. The van der Waals surface area contributed by atoms with Crippen LogP contribution in [0.2, 0.25) is 0 Å². The van der Waals surface area contributed by atoms with Crippen LogP contribution < -0.4 is 0 Å². The van der Waals surface area contributed by atoms with Gasteiger partial charge in [0.2, 0.25) is 0 Å². The standard InChI is InChI=1S/C14H21ClN2O3S/c1-9(2)16-8-12(21(15,19)20)6-13(16)14(18)17-7-10(3)5-11(17)4/h6,8-11H,5,7H2,1-4H3. The minimum Gasteiger partial charge on any atom is -0.340 e. The molecule has 2 unspecified atom stereocenters. The van der Waals surface area contributed by atoms with Gasteiger partial charge in [-0.15, -0.1) is 0 Å². The Labute approximate surface area is 130 Å². The summed E-state index contributed by atoms with van der Waals surface area (Å²) in [5, 5.41) is 0. The van der Waals surface area contributed by atoms with Crippen molar-refractivity contribution in [2.75, 3.05) is 6.54 Å². The maximum absolute atomic E-state index is 12.7. The van der Waals surface area contributed by atoms with Gasteiger partial charge in [0.05, 0.1) is 0 Å². The highest BCUT2D eigenvalue weighted by molar-refractivity contribution is 8.13. The van der Waals surface area contributed by atoms with E-state index in [-0.39, 0.29) is 22.9 Å². The topological polar surface area (TPSA) is 59.4 Å². The fourth-order valence-electron chi connectivity index (χ4n) is 2.92. The van der Waals surface area contributed by atoms with Crippen molar-refractivity contribution in [1.82, 2.24) is 9.47 Å². The molecule has 1 aliphatic rings. The van der Waals surface area contributed by atoms with Gasteiger partial charge in [0.25, 0.3) is 15.0 Å². The summed E-state index contributed by atoms with van der Waals surface area (Å²) < 4.78 is 24.7. The van der Waals surface area contributed by atoms with Gasteiger partial charge in [0.1, 0.15) is 10.6 Å². The molecule has 0 aromatic carbocycles. The molecule has 0 radical (unpaired) electrons. The van der Waals surface area contributed by atoms with Crippen LogP contribution in [-0.2, 0) is 9.05 Å². The number of halogens is 1. The molecule has 2 rings (SSSR count). The van der Waals surface area contributed by atoms with Crippen LogP contribution in [-0.4, -0.2) is 36.4 Å². The molecule has 2 atom stereocenters. The second-order valence-electron chi connectivity index (χ2n) is 6.15. The van der Waals surface area contributed by atoms with Gasteiger partial charge in [-0.1, -0.05) is 6.92 Å². The van der Waals surface area contributed by atoms with Crippen LogP contribution in [0.1, 0.15) is 50.6 Å². The molecular weight excluding hydrogens is 312 g/mol. The Morgan fingerprint density at radius 3 is 2.43 bits per heavy atom. The summed E-state index contributed by atoms with van der Waals surface area (Å²) >= 11 is 0. The minimum absolute atomic E-state index is 0.0218. The number of likely N-dealkylation sites (tertiary alicyclic amines) is 1. The predicted molar refractivity (Wildman–Crippen MR) is 82.1 cm³/mol. The van der Waals surface area contributed by atoms with Crippen molar-refractivity contribution in [2.45, 2.75) is 51.1 Å². The number of nitrogens with zero attached hydrogens (tertiary/aromatic N) is 2. The van der Waals surface area contributed by atoms with Gasteiger partial charge in [-0.3, -0.25) is 4.79 Å². The Morgan fingerprint density at radius 2 is 2.00 bits per heavy atom. The van der Waals surface area contributed by atoms with Crippen LogP contribution in [0.15, 0.2) is 17.2 Å². The van der Waals surface area contributed by atoms with Crippen LogP contribution in [0.4, 0.5) is 0 Å². The number of amides is 1. The molecular formula is C14H21ClN2O3S. The van der Waals surface area contributed by atoms with Crippen molar-refractivity contribution in [2.24, 2.45) is 5.92 Å². The van der Waals surface area contributed by atoms with E-state index in [1.54, 1.807) is 4.57 Å². The maximum atomic E-state index is 12.7. The normalized spacial score (nSPS) is 23.0. The van der Waals surface area contributed by atoms with Crippen LogP contribution >= 0.6 is 10.7 Å². The van der Waals surface area contributed by atoms with Crippen LogP contribution in [0.25, 0.3) is 0 Å². The zero-order valence-electron chi connectivity index (χ0n) is 12.7. The number of hydrogen-bond donors (Lipinski definition) is 0. The Kier molecular flexibility index (Phi) is 4.40. The van der Waals surface area contributed by atoms with Crippen LogP contribution in [0.3, 0.4) is 0 Å². The van der Waals surface area contributed by atoms with E-state index in [0.29, 0.717) is 18.2 Å². The molecule has 1 fully saturated rings. The molecule has 0 saturated carbocycles. The lowest BCUT2D eigenvalue weighted by molar-refractivity contribution is 0.0731. The lowest BCUT2D eigenvalue weighted by Gasteiger charge is -2.23. The lowest BCUT2D eigenvalue weighted by atomic mass is 10.1. The van der Waals surface area contributed by atoms with E-state index in [2.05, 4.69) is 6.92 Å². The van der Waals surface area contributed by atoms with Gasteiger partial charge in [-0.2, -0.15) is 0 Å². The predicted octanol–water partition coefficient (Wildman–Crippen LogP) is 2.87. The number of carbonyl (C=O) groups is 1. The lowest BCUT2D eigenvalue weighted by Crippen LogP contribution is -2.35. The fraction of sp³-hybridized carbons (Fsp3) is 0.643. The molecule has 2 heterocycles. The summed E-state index contributed by atoms with van der Waals surface area (Å²) in [5.74, 6) is 0.328. The number of carbonyl (C=O) groups excluding carboxylic acids is 1. The average Bonchev–Trinajstić information content (AvgIpc) is 2.91. The quantitative estimate of drug-likeness (QED) is 0.800. The smallest absolute Gasteiger partial charge is 0.270 e. The second-order valence-corrected chi connectivity index (χ2v) is 8.71. The summed E-state index contributed by atoms with van der Waals surface area (Å²) in [4.78, 5) is 14.5. The molecule has 0 spiro atoms. The average molecular weight is 333 g/mol. The van der Waals surface area contributed by atoms with E-state index in [0.717, 1.165) is 6.42 Å². The summed E-state index contributed by atoms with van der Waals surface area (Å²) in [5.41, 5.74) is 0.380. The first-order valence-corrected chi connectivity index (χ1v) is 9.39. The van der Waals surface area contributed by atoms with E-state index >= 15 is 0 Å². The van der Waals surface area contributed by atoms with Crippen molar-refractivity contribution < 1.29 is 13.2 Å². The van der Waals surface area contributed by atoms with Gasteiger partial charge in [-0.25, -0.2) is 8.42 Å². The van der Waals surface area contributed by atoms with Crippen molar-refractivity contribution in [3.63, 3.8) is 0 Å². The van der Waals surface area contributed by atoms with Crippen molar-refractivity contribution in [3.8, 4) is 0 Å². The van der Waals surface area contributed by atoms with E-state index in [4.69, 9.17) is 10.7 Å². The zero-order chi connectivity index (χ0) is 15.9. The molecule has 1 aliphatic heterocycles. The second kappa shape index (κ2) is 5.65. The van der Waals surface area contributed by atoms with Crippen molar-refractivity contribution in [1.29, 1.82) is 0 Å². The molecule has 0 aliphatic carbocycles. The molecule has 1 aromatic heterocycles. The molecule has 21 heavy (non-hydrogen) atoms. The summed E-state index contributed by atoms with van der Waals surface area (Å²) in [6.07, 6.45) is 2.40. The molecule has 1 saturated heterocycles. The third-order valence-electron chi connectivity index (χ3n) is 3.93. The van der Waals surface area contributed by atoms with Crippen LogP contribution in [0.5, 0.6) is 0 Å². The van der Waals surface area contributed by atoms with Gasteiger partial charge in [0.15, 0.2) is 0 Å². The van der Waals surface area contributed by atoms with Crippen LogP contribution in [0, 0.1) is 5.92 Å². The summed E-state index contributed by atoms with van der Waals surface area (Å²) in [6, 6.07) is 1.52. The molecule has 5 nitrogen and oxygen atoms in total. The first-order valence-electron chi connectivity index (χ1n) is 7.08. The summed E-state index contributed by atoms with van der Waals surface area (Å²) in [7, 11) is 1.56. The van der Waals surface area contributed by atoms with E-state index < -0.39 is 9.05 Å². The highest BCUT2D eigenvalue weighted by Gasteiger charge is 2.33. The Morgan fingerprint density at radius 1 is 1.38 bits per heavy atom. The molecule has 0 N–H and O–H groups in total. The molecule has 1 aromatic rings. The molecule has 118 valence electrons. The highest BCUT2D eigenvalue weighted by Crippen LogP contribution is 2.27. The monoisotopic (exact) mass is 332 g/mol. The Hall–Kier alpha value is -1.01.